The Bertz CT molecular complexity index is 568. The molecule has 25 heavy (non-hydrogen) atoms. The molecule has 0 bridgehead atoms. The van der Waals surface area contributed by atoms with Gasteiger partial charge in [0.05, 0.1) is 18.4 Å². The molecule has 0 aromatic heterocycles. The van der Waals surface area contributed by atoms with Crippen molar-refractivity contribution in [1.82, 2.24) is 10.3 Å². The summed E-state index contributed by atoms with van der Waals surface area (Å²) in [6.07, 6.45) is -4.09. The largest absolute Gasteiger partial charge is 0.394 e. The number of nitrogens with one attached hydrogen (secondary N) is 1. The molecule has 0 radical (unpaired) electrons. The number of ether oxygens (including phenoxy) is 1. The van der Waals surface area contributed by atoms with E-state index in [-0.39, 0.29) is 10.9 Å². The van der Waals surface area contributed by atoms with Gasteiger partial charge in [-0.05, 0) is 13.8 Å². The molecule has 144 valence electrons. The number of hydrogen-bond donors (Lipinski definition) is 6. The number of urea groups is 1. The normalized spacial score (nSPS) is 38.6. The van der Waals surface area contributed by atoms with Crippen molar-refractivity contribution in [3.05, 3.63) is 4.91 Å². The third-order valence-electron chi connectivity index (χ3n) is 3.91. The molecule has 5 atom stereocenters. The standard InChI is InChI=1S/C12H20ClN3O9/c1-6(18)11(22)8(19)7(5-17)25-10(2,21)12(11,23)14-9(20)16(15-24)4-3-13/h7-8,17,19,21-23H,3-5H2,1-2H3,(H,14,20)/t7-,8-,10?,11+,12+/m1/s1/i1D. The first-order valence-electron chi connectivity index (χ1n) is 7.62. The first-order chi connectivity index (χ1) is 12.0. The van der Waals surface area contributed by atoms with E-state index >= 15 is 0 Å². The average molecular weight is 387 g/mol. The highest BCUT2D eigenvalue weighted by molar-refractivity contribution is 6.18. The van der Waals surface area contributed by atoms with E-state index in [4.69, 9.17) is 17.7 Å². The van der Waals surface area contributed by atoms with Gasteiger partial charge in [-0.25, -0.2) is 4.79 Å². The highest BCUT2D eigenvalue weighted by Gasteiger charge is 2.73. The lowest BCUT2D eigenvalue weighted by Crippen LogP contribution is -2.86. The van der Waals surface area contributed by atoms with Gasteiger partial charge in [0.15, 0.2) is 5.78 Å². The van der Waals surface area contributed by atoms with Gasteiger partial charge in [0, 0.05) is 7.25 Å². The molecule has 12 nitrogen and oxygen atoms in total. The van der Waals surface area contributed by atoms with Crippen molar-refractivity contribution in [3.8, 4) is 0 Å². The van der Waals surface area contributed by atoms with Gasteiger partial charge in [-0.3, -0.25) is 4.79 Å². The highest BCUT2D eigenvalue weighted by Crippen LogP contribution is 2.42. The van der Waals surface area contributed by atoms with Gasteiger partial charge in [0.1, 0.15) is 12.2 Å². The Kier molecular flexibility index (Phi) is 5.93. The van der Waals surface area contributed by atoms with Gasteiger partial charge < -0.3 is 35.6 Å². The van der Waals surface area contributed by atoms with Crippen LogP contribution in [-0.2, 0) is 9.53 Å². The fraction of sp³-hybridized carbons (Fsp3) is 0.833. The predicted molar refractivity (Wildman–Crippen MR) is 80.9 cm³/mol. The SMILES string of the molecule is [2H]CC(=O)[C@]1(O)[C@H](O)[C@@H](CO)OC(C)(O)[C@@]1(O)NC(=O)N(CCCl)N=O. The van der Waals surface area contributed by atoms with Gasteiger partial charge in [0.25, 0.3) is 0 Å². The maximum absolute atomic E-state index is 12.1. The number of aliphatic hydroxyl groups is 5. The van der Waals surface area contributed by atoms with Crippen LogP contribution in [0.15, 0.2) is 5.29 Å². The molecule has 1 heterocycles. The van der Waals surface area contributed by atoms with Crippen LogP contribution in [0.4, 0.5) is 4.79 Å². The van der Waals surface area contributed by atoms with Crippen LogP contribution in [-0.4, -0.2) is 90.7 Å². The predicted octanol–water partition coefficient (Wildman–Crippen LogP) is -2.61. The number of alkyl halides is 1. The minimum atomic E-state index is -3.42. The van der Waals surface area contributed by atoms with Gasteiger partial charge in [0.2, 0.25) is 17.1 Å². The van der Waals surface area contributed by atoms with Crippen LogP contribution in [0, 0.1) is 4.91 Å². The van der Waals surface area contributed by atoms with Crippen molar-refractivity contribution in [1.29, 1.82) is 0 Å². The number of carbonyl (C=O) groups is 2. The molecule has 1 rings (SSSR count). The third kappa shape index (κ3) is 3.33. The van der Waals surface area contributed by atoms with Crippen LogP contribution in [0.25, 0.3) is 0 Å². The van der Waals surface area contributed by atoms with Crippen molar-refractivity contribution < 1.29 is 41.2 Å². The molecule has 0 aliphatic carbocycles. The molecule has 13 heteroatoms. The van der Waals surface area contributed by atoms with Crippen LogP contribution in [0.1, 0.15) is 15.2 Å². The maximum atomic E-state index is 12.1. The van der Waals surface area contributed by atoms with Gasteiger partial charge in [-0.2, -0.15) is 5.01 Å². The summed E-state index contributed by atoms with van der Waals surface area (Å²) in [7, 11) is 0. The number of nitroso groups, excluding NO2 is 1. The molecular weight excluding hydrogens is 366 g/mol. The number of hydrogen-bond acceptors (Lipinski definition) is 10. The molecule has 0 aromatic rings. The zero-order valence-electron chi connectivity index (χ0n) is 14.1. The Labute approximate surface area is 148 Å². The van der Waals surface area contributed by atoms with Gasteiger partial charge in [-0.1, -0.05) is 0 Å². The quantitative estimate of drug-likeness (QED) is 0.123. The number of nitrogens with zero attached hydrogens (tertiary/aromatic N) is 2. The third-order valence-corrected chi connectivity index (χ3v) is 4.08. The Hall–Kier alpha value is -1.41. The van der Waals surface area contributed by atoms with E-state index in [0.717, 1.165) is 6.92 Å². The van der Waals surface area contributed by atoms with Crippen LogP contribution in [0.5, 0.6) is 0 Å². The lowest BCUT2D eigenvalue weighted by molar-refractivity contribution is -0.405. The van der Waals surface area contributed by atoms with E-state index in [1.54, 1.807) is 5.32 Å². The van der Waals surface area contributed by atoms with E-state index in [0.29, 0.717) is 0 Å². The number of rotatable bonds is 6. The van der Waals surface area contributed by atoms with E-state index < -0.39 is 61.2 Å². The lowest BCUT2D eigenvalue weighted by atomic mass is 9.73. The molecule has 0 saturated carbocycles. The molecule has 1 unspecified atom stereocenters. The summed E-state index contributed by atoms with van der Waals surface area (Å²) in [5, 5.41) is 55.4. The first-order valence-corrected chi connectivity index (χ1v) is 7.45. The zero-order chi connectivity index (χ0) is 20.3. The summed E-state index contributed by atoms with van der Waals surface area (Å²) in [5.41, 5.74) is -6.79. The fourth-order valence-corrected chi connectivity index (χ4v) is 2.64. The van der Waals surface area contributed by atoms with Crippen LogP contribution < -0.4 is 5.32 Å². The van der Waals surface area contributed by atoms with Gasteiger partial charge >= 0.3 is 6.03 Å². The monoisotopic (exact) mass is 386 g/mol. The van der Waals surface area contributed by atoms with Crippen molar-refractivity contribution >= 4 is 23.4 Å². The number of carbonyl (C=O) groups excluding carboxylic acids is 2. The molecule has 0 aromatic carbocycles. The molecule has 1 aliphatic heterocycles. The van der Waals surface area contributed by atoms with Crippen molar-refractivity contribution in [2.75, 3.05) is 19.0 Å². The Morgan fingerprint density at radius 2 is 2.04 bits per heavy atom. The van der Waals surface area contributed by atoms with Crippen LogP contribution in [0.3, 0.4) is 0 Å². The molecule has 0 spiro atoms. The molecule has 1 aliphatic rings. The number of halogens is 1. The number of Topliss-reactive ketones (excluding diaryl/α,β-unsaturated/α-hetero) is 1. The molecule has 6 N–H and O–H groups in total. The summed E-state index contributed by atoms with van der Waals surface area (Å²) < 4.78 is 12.0. The van der Waals surface area contributed by atoms with Crippen LogP contribution >= 0.6 is 11.6 Å². The lowest BCUT2D eigenvalue weighted by Gasteiger charge is -2.56. The van der Waals surface area contributed by atoms with E-state index in [2.05, 4.69) is 5.29 Å². The average Bonchev–Trinajstić information content (AvgIpc) is 2.60. The summed E-state index contributed by atoms with van der Waals surface area (Å²) >= 11 is 5.39. The van der Waals surface area contributed by atoms with Crippen molar-refractivity contribution in [2.24, 2.45) is 5.29 Å². The minimum absolute atomic E-state index is 0.178. The molecular formula is C12H20ClN3O9. The highest BCUT2D eigenvalue weighted by atomic mass is 35.5. The van der Waals surface area contributed by atoms with E-state index in [1.807, 2.05) is 0 Å². The summed E-state index contributed by atoms with van der Waals surface area (Å²) in [6.45, 7) is -1.85. The maximum Gasteiger partial charge on any atom is 0.342 e. The minimum Gasteiger partial charge on any atom is -0.394 e. The molecule has 2 amide bonds. The van der Waals surface area contributed by atoms with Crippen molar-refractivity contribution in [3.63, 3.8) is 0 Å². The van der Waals surface area contributed by atoms with Crippen molar-refractivity contribution in [2.45, 2.75) is 43.1 Å². The molecule has 1 fully saturated rings. The van der Waals surface area contributed by atoms with Gasteiger partial charge in [-0.15, -0.1) is 16.5 Å². The van der Waals surface area contributed by atoms with E-state index in [1.165, 1.54) is 0 Å². The number of ketones is 1. The Morgan fingerprint density at radius 1 is 1.44 bits per heavy atom. The second-order valence-electron chi connectivity index (χ2n) is 5.49. The Balaban J connectivity index is 3.46. The zero-order valence-corrected chi connectivity index (χ0v) is 13.9. The second-order valence-corrected chi connectivity index (χ2v) is 5.87. The number of aliphatic hydroxyl groups excluding tert-OH is 2. The first kappa shape index (κ1) is 19.9. The second kappa shape index (κ2) is 7.45. The molecule has 1 saturated heterocycles. The summed E-state index contributed by atoms with van der Waals surface area (Å²) in [4.78, 5) is 34.9. The summed E-state index contributed by atoms with van der Waals surface area (Å²) in [5.74, 6) is -4.68. The Morgan fingerprint density at radius 3 is 2.48 bits per heavy atom. The fourth-order valence-electron chi connectivity index (χ4n) is 2.47. The smallest absolute Gasteiger partial charge is 0.342 e. The number of amides is 2. The van der Waals surface area contributed by atoms with E-state index in [9.17, 15) is 40.0 Å². The topological polar surface area (TPSA) is 189 Å². The summed E-state index contributed by atoms with van der Waals surface area (Å²) in [6, 6.07) is -1.49. The van der Waals surface area contributed by atoms with Crippen LogP contribution in [0.2, 0.25) is 0 Å².